The first-order chi connectivity index (χ1) is 7.07. The van der Waals surface area contributed by atoms with Gasteiger partial charge in [0, 0.05) is 19.6 Å². The molecule has 2 unspecified atom stereocenters. The quantitative estimate of drug-likeness (QED) is 0.757. The molecule has 0 radical (unpaired) electrons. The Morgan fingerprint density at radius 3 is 2.20 bits per heavy atom. The van der Waals surface area contributed by atoms with Crippen molar-refractivity contribution in [1.82, 2.24) is 4.90 Å². The standard InChI is InChI=1S/C13H25NO/c1-11-7-12(2)9-14(8-11)10-13(15)5-3-4-6-13/h11-12,15H,3-10H2,1-2H3. The minimum Gasteiger partial charge on any atom is -0.389 e. The Bertz CT molecular complexity index is 201. The number of piperidine rings is 1. The Morgan fingerprint density at radius 1 is 1.13 bits per heavy atom. The molecule has 0 aromatic rings. The van der Waals surface area contributed by atoms with E-state index < -0.39 is 0 Å². The molecule has 1 heterocycles. The van der Waals surface area contributed by atoms with Crippen molar-refractivity contribution >= 4 is 0 Å². The fraction of sp³-hybridized carbons (Fsp3) is 1.00. The SMILES string of the molecule is CC1CC(C)CN(CC2(O)CCCC2)C1. The van der Waals surface area contributed by atoms with Gasteiger partial charge in [-0.25, -0.2) is 0 Å². The summed E-state index contributed by atoms with van der Waals surface area (Å²) in [5, 5.41) is 10.4. The Labute approximate surface area is 93.7 Å². The second-order valence-electron chi connectivity index (χ2n) is 6.07. The van der Waals surface area contributed by atoms with E-state index >= 15 is 0 Å². The maximum absolute atomic E-state index is 10.4. The smallest absolute Gasteiger partial charge is 0.0774 e. The van der Waals surface area contributed by atoms with Crippen LogP contribution in [-0.4, -0.2) is 35.2 Å². The first-order valence-corrected chi connectivity index (χ1v) is 6.52. The van der Waals surface area contributed by atoms with E-state index in [0.717, 1.165) is 31.2 Å². The third-order valence-corrected chi connectivity index (χ3v) is 4.00. The lowest BCUT2D eigenvalue weighted by Crippen LogP contribution is -2.47. The average Bonchev–Trinajstić information content (AvgIpc) is 2.49. The molecule has 2 rings (SSSR count). The molecule has 1 aliphatic carbocycles. The van der Waals surface area contributed by atoms with Gasteiger partial charge in [-0.1, -0.05) is 26.7 Å². The molecule has 0 spiro atoms. The molecule has 2 atom stereocenters. The molecule has 15 heavy (non-hydrogen) atoms. The molecule has 2 aliphatic rings. The highest BCUT2D eigenvalue weighted by molar-refractivity contribution is 4.89. The van der Waals surface area contributed by atoms with Crippen LogP contribution in [0.15, 0.2) is 0 Å². The van der Waals surface area contributed by atoms with Crippen LogP contribution < -0.4 is 0 Å². The zero-order chi connectivity index (χ0) is 10.9. The number of likely N-dealkylation sites (tertiary alicyclic amines) is 1. The lowest BCUT2D eigenvalue weighted by atomic mass is 9.90. The highest BCUT2D eigenvalue weighted by Crippen LogP contribution is 2.32. The van der Waals surface area contributed by atoms with Gasteiger partial charge in [0.25, 0.3) is 0 Å². The molecule has 88 valence electrons. The summed E-state index contributed by atoms with van der Waals surface area (Å²) in [6, 6.07) is 0. The van der Waals surface area contributed by atoms with Crippen molar-refractivity contribution in [3.05, 3.63) is 0 Å². The van der Waals surface area contributed by atoms with Crippen LogP contribution in [0, 0.1) is 11.8 Å². The van der Waals surface area contributed by atoms with E-state index in [2.05, 4.69) is 18.7 Å². The van der Waals surface area contributed by atoms with Crippen molar-refractivity contribution in [1.29, 1.82) is 0 Å². The average molecular weight is 211 g/mol. The highest BCUT2D eigenvalue weighted by Gasteiger charge is 2.34. The lowest BCUT2D eigenvalue weighted by molar-refractivity contribution is -0.00810. The summed E-state index contributed by atoms with van der Waals surface area (Å²) in [5.41, 5.74) is -0.350. The van der Waals surface area contributed by atoms with E-state index in [1.54, 1.807) is 0 Å². The van der Waals surface area contributed by atoms with E-state index in [1.807, 2.05) is 0 Å². The fourth-order valence-electron chi connectivity index (χ4n) is 3.53. The van der Waals surface area contributed by atoms with Crippen LogP contribution in [0.3, 0.4) is 0 Å². The molecule has 1 aliphatic heterocycles. The topological polar surface area (TPSA) is 23.5 Å². The van der Waals surface area contributed by atoms with Crippen molar-refractivity contribution in [2.24, 2.45) is 11.8 Å². The van der Waals surface area contributed by atoms with Gasteiger partial charge < -0.3 is 5.11 Å². The molecule has 0 amide bonds. The van der Waals surface area contributed by atoms with E-state index in [-0.39, 0.29) is 5.60 Å². The second kappa shape index (κ2) is 4.42. The van der Waals surface area contributed by atoms with Crippen LogP contribution in [0.25, 0.3) is 0 Å². The predicted octanol–water partition coefficient (Wildman–Crippen LogP) is 2.27. The normalized spacial score (nSPS) is 37.0. The van der Waals surface area contributed by atoms with Crippen molar-refractivity contribution in [3.8, 4) is 0 Å². The van der Waals surface area contributed by atoms with Crippen molar-refractivity contribution < 1.29 is 5.11 Å². The molecule has 1 saturated carbocycles. The summed E-state index contributed by atoms with van der Waals surface area (Å²) in [7, 11) is 0. The van der Waals surface area contributed by atoms with E-state index in [4.69, 9.17) is 0 Å². The predicted molar refractivity (Wildman–Crippen MR) is 62.8 cm³/mol. The van der Waals surface area contributed by atoms with Crippen LogP contribution >= 0.6 is 0 Å². The van der Waals surface area contributed by atoms with E-state index in [9.17, 15) is 5.11 Å². The lowest BCUT2D eigenvalue weighted by Gasteiger charge is -2.38. The van der Waals surface area contributed by atoms with Gasteiger partial charge >= 0.3 is 0 Å². The fourth-order valence-corrected chi connectivity index (χ4v) is 3.53. The van der Waals surface area contributed by atoms with Gasteiger partial charge in [0.2, 0.25) is 0 Å². The largest absolute Gasteiger partial charge is 0.389 e. The van der Waals surface area contributed by atoms with Gasteiger partial charge in [-0.2, -0.15) is 0 Å². The summed E-state index contributed by atoms with van der Waals surface area (Å²) in [5.74, 6) is 1.61. The van der Waals surface area contributed by atoms with Gasteiger partial charge in [0.15, 0.2) is 0 Å². The van der Waals surface area contributed by atoms with Crippen LogP contribution in [0.4, 0.5) is 0 Å². The van der Waals surface area contributed by atoms with Gasteiger partial charge in [0.1, 0.15) is 0 Å². The van der Waals surface area contributed by atoms with E-state index in [1.165, 1.54) is 32.4 Å². The number of hydrogen-bond acceptors (Lipinski definition) is 2. The third kappa shape index (κ3) is 2.94. The maximum atomic E-state index is 10.4. The van der Waals surface area contributed by atoms with Crippen LogP contribution in [0.1, 0.15) is 46.0 Å². The number of rotatable bonds is 2. The maximum Gasteiger partial charge on any atom is 0.0774 e. The van der Waals surface area contributed by atoms with Gasteiger partial charge in [-0.05, 0) is 31.1 Å². The van der Waals surface area contributed by atoms with Crippen molar-refractivity contribution in [3.63, 3.8) is 0 Å². The molecule has 1 saturated heterocycles. The summed E-state index contributed by atoms with van der Waals surface area (Å²) in [6.45, 7) is 7.96. The number of β-amino-alcohol motifs (C(OH)–C–C–N with tert-alkyl or cyclic N) is 1. The van der Waals surface area contributed by atoms with Crippen molar-refractivity contribution in [2.45, 2.75) is 51.6 Å². The van der Waals surface area contributed by atoms with Crippen LogP contribution in [0.2, 0.25) is 0 Å². The molecule has 2 nitrogen and oxygen atoms in total. The monoisotopic (exact) mass is 211 g/mol. The van der Waals surface area contributed by atoms with Gasteiger partial charge in [0.05, 0.1) is 5.60 Å². The molecule has 2 heteroatoms. The summed E-state index contributed by atoms with van der Waals surface area (Å²) in [6.07, 6.45) is 5.83. The molecule has 0 aromatic heterocycles. The Morgan fingerprint density at radius 2 is 1.67 bits per heavy atom. The Kier molecular flexibility index (Phi) is 3.36. The molecular weight excluding hydrogens is 186 g/mol. The Balaban J connectivity index is 1.87. The molecule has 2 fully saturated rings. The molecule has 1 N–H and O–H groups in total. The molecule has 0 aromatic carbocycles. The molecular formula is C13H25NO. The van der Waals surface area contributed by atoms with Crippen LogP contribution in [0.5, 0.6) is 0 Å². The minimum atomic E-state index is -0.350. The highest BCUT2D eigenvalue weighted by atomic mass is 16.3. The zero-order valence-electron chi connectivity index (χ0n) is 10.2. The first-order valence-electron chi connectivity index (χ1n) is 6.52. The van der Waals surface area contributed by atoms with Crippen molar-refractivity contribution in [2.75, 3.05) is 19.6 Å². The molecule has 0 bridgehead atoms. The van der Waals surface area contributed by atoms with Gasteiger partial charge in [-0.3, -0.25) is 4.90 Å². The second-order valence-corrected chi connectivity index (χ2v) is 6.07. The van der Waals surface area contributed by atoms with Crippen LogP contribution in [-0.2, 0) is 0 Å². The number of nitrogens with zero attached hydrogens (tertiary/aromatic N) is 1. The zero-order valence-corrected chi connectivity index (χ0v) is 10.2. The summed E-state index contributed by atoms with van der Waals surface area (Å²) >= 11 is 0. The van der Waals surface area contributed by atoms with Gasteiger partial charge in [-0.15, -0.1) is 0 Å². The Hall–Kier alpha value is -0.0800. The number of hydrogen-bond donors (Lipinski definition) is 1. The number of aliphatic hydroxyl groups is 1. The summed E-state index contributed by atoms with van der Waals surface area (Å²) < 4.78 is 0. The third-order valence-electron chi connectivity index (χ3n) is 4.00. The minimum absolute atomic E-state index is 0.350. The van der Waals surface area contributed by atoms with E-state index in [0.29, 0.717) is 0 Å². The first kappa shape index (κ1) is 11.4. The summed E-state index contributed by atoms with van der Waals surface area (Å²) in [4.78, 5) is 2.49.